The number of halogens is 1. The van der Waals surface area contributed by atoms with Crippen LogP contribution in [0.3, 0.4) is 0 Å². The summed E-state index contributed by atoms with van der Waals surface area (Å²) >= 11 is 0. The van der Waals surface area contributed by atoms with E-state index in [4.69, 9.17) is 0 Å². The number of nitrogens with one attached hydrogen (secondary N) is 2. The first-order valence-corrected chi connectivity index (χ1v) is 8.98. The highest BCUT2D eigenvalue weighted by atomic mass is 127. The fourth-order valence-electron chi connectivity index (χ4n) is 3.35. The normalized spacial score (nSPS) is 26.8. The SMILES string of the molecule is CN=C(NCC1CCN(CCc2ccccc2)C1)NC1CC1C.I. The summed E-state index contributed by atoms with van der Waals surface area (Å²) < 4.78 is 0. The van der Waals surface area contributed by atoms with E-state index in [0.717, 1.165) is 30.8 Å². The van der Waals surface area contributed by atoms with Gasteiger partial charge in [-0.25, -0.2) is 0 Å². The zero-order chi connectivity index (χ0) is 16.1. The highest BCUT2D eigenvalue weighted by Crippen LogP contribution is 2.28. The Morgan fingerprint density at radius 1 is 1.29 bits per heavy atom. The number of likely N-dealkylation sites (tertiary alicyclic amines) is 1. The summed E-state index contributed by atoms with van der Waals surface area (Å²) in [5.41, 5.74) is 1.44. The van der Waals surface area contributed by atoms with Crippen molar-refractivity contribution in [3.05, 3.63) is 35.9 Å². The fraction of sp³-hybridized carbons (Fsp3) is 0.632. The minimum atomic E-state index is 0. The van der Waals surface area contributed by atoms with Crippen LogP contribution in [0.1, 0.15) is 25.3 Å². The summed E-state index contributed by atoms with van der Waals surface area (Å²) in [6.45, 7) is 6.92. The largest absolute Gasteiger partial charge is 0.356 e. The van der Waals surface area contributed by atoms with Gasteiger partial charge in [0, 0.05) is 32.7 Å². The Bertz CT molecular complexity index is 519. The molecule has 24 heavy (non-hydrogen) atoms. The summed E-state index contributed by atoms with van der Waals surface area (Å²) in [7, 11) is 1.86. The third-order valence-corrected chi connectivity index (χ3v) is 5.14. The van der Waals surface area contributed by atoms with E-state index in [1.54, 1.807) is 0 Å². The molecule has 2 aliphatic rings. The number of hydrogen-bond acceptors (Lipinski definition) is 2. The Balaban J connectivity index is 0.00000208. The molecule has 0 spiro atoms. The lowest BCUT2D eigenvalue weighted by Gasteiger charge is -2.17. The minimum absolute atomic E-state index is 0. The molecule has 1 saturated carbocycles. The van der Waals surface area contributed by atoms with Gasteiger partial charge in [0.2, 0.25) is 0 Å². The molecular formula is C19H31IN4. The maximum absolute atomic E-state index is 4.34. The van der Waals surface area contributed by atoms with Gasteiger partial charge >= 0.3 is 0 Å². The van der Waals surface area contributed by atoms with E-state index in [9.17, 15) is 0 Å². The highest BCUT2D eigenvalue weighted by molar-refractivity contribution is 14.0. The number of rotatable bonds is 6. The molecule has 0 bridgehead atoms. The molecule has 1 aromatic carbocycles. The molecule has 1 aliphatic heterocycles. The van der Waals surface area contributed by atoms with E-state index in [2.05, 4.69) is 57.8 Å². The molecule has 2 fully saturated rings. The molecule has 134 valence electrons. The van der Waals surface area contributed by atoms with Crippen LogP contribution in [0.5, 0.6) is 0 Å². The van der Waals surface area contributed by atoms with E-state index in [1.165, 1.54) is 38.0 Å². The van der Waals surface area contributed by atoms with E-state index in [1.807, 2.05) is 7.05 Å². The fourth-order valence-corrected chi connectivity index (χ4v) is 3.35. The number of nitrogens with zero attached hydrogens (tertiary/aromatic N) is 2. The first-order valence-electron chi connectivity index (χ1n) is 8.98. The summed E-state index contributed by atoms with van der Waals surface area (Å²) in [4.78, 5) is 6.94. The Hall–Kier alpha value is -0.820. The molecule has 3 unspecified atom stereocenters. The van der Waals surface area contributed by atoms with E-state index < -0.39 is 0 Å². The van der Waals surface area contributed by atoms with Gasteiger partial charge in [0.25, 0.3) is 0 Å². The average molecular weight is 442 g/mol. The minimum Gasteiger partial charge on any atom is -0.356 e. The van der Waals surface area contributed by atoms with Gasteiger partial charge in [-0.1, -0.05) is 37.3 Å². The lowest BCUT2D eigenvalue weighted by atomic mass is 10.1. The van der Waals surface area contributed by atoms with Crippen LogP contribution in [0, 0.1) is 11.8 Å². The molecule has 0 amide bonds. The van der Waals surface area contributed by atoms with Crippen molar-refractivity contribution < 1.29 is 0 Å². The third kappa shape index (κ3) is 5.92. The summed E-state index contributed by atoms with van der Waals surface area (Å²) in [5.74, 6) is 2.51. The second-order valence-electron chi connectivity index (χ2n) is 7.11. The predicted octanol–water partition coefficient (Wildman–Crippen LogP) is 2.74. The van der Waals surface area contributed by atoms with Crippen molar-refractivity contribution in [1.29, 1.82) is 0 Å². The predicted molar refractivity (Wildman–Crippen MR) is 112 cm³/mol. The second-order valence-corrected chi connectivity index (χ2v) is 7.11. The molecule has 1 heterocycles. The van der Waals surface area contributed by atoms with Crippen molar-refractivity contribution in [3.63, 3.8) is 0 Å². The molecule has 0 radical (unpaired) electrons. The zero-order valence-electron chi connectivity index (χ0n) is 14.9. The topological polar surface area (TPSA) is 39.7 Å². The molecule has 0 aromatic heterocycles. The number of aliphatic imine (C=N–C) groups is 1. The summed E-state index contributed by atoms with van der Waals surface area (Å²) in [6.07, 6.45) is 3.72. The van der Waals surface area contributed by atoms with Crippen LogP contribution in [-0.2, 0) is 6.42 Å². The third-order valence-electron chi connectivity index (χ3n) is 5.14. The molecule has 5 heteroatoms. The van der Waals surface area contributed by atoms with Crippen molar-refractivity contribution in [2.45, 2.75) is 32.2 Å². The molecule has 4 nitrogen and oxygen atoms in total. The average Bonchev–Trinajstić information content (AvgIpc) is 3.09. The maximum atomic E-state index is 4.34. The Morgan fingerprint density at radius 3 is 2.71 bits per heavy atom. The van der Waals surface area contributed by atoms with Gasteiger partial charge in [-0.05, 0) is 43.2 Å². The molecule has 3 rings (SSSR count). The standard InChI is InChI=1S/C19H30N4.HI/c1-15-12-18(15)22-19(20-2)21-13-17-9-11-23(14-17)10-8-16-6-4-3-5-7-16;/h3-7,15,17-18H,8-14H2,1-2H3,(H2,20,21,22);1H. The first kappa shape index (κ1) is 19.5. The molecule has 1 aromatic rings. The lowest BCUT2D eigenvalue weighted by molar-refractivity contribution is 0.328. The van der Waals surface area contributed by atoms with Gasteiger partial charge in [-0.2, -0.15) is 0 Å². The molecule has 2 N–H and O–H groups in total. The van der Waals surface area contributed by atoms with Crippen LogP contribution >= 0.6 is 24.0 Å². The Morgan fingerprint density at radius 2 is 2.04 bits per heavy atom. The van der Waals surface area contributed by atoms with Crippen molar-refractivity contribution in [3.8, 4) is 0 Å². The van der Waals surface area contributed by atoms with Gasteiger partial charge in [0.05, 0.1) is 0 Å². The van der Waals surface area contributed by atoms with Crippen LogP contribution in [0.4, 0.5) is 0 Å². The van der Waals surface area contributed by atoms with Gasteiger partial charge < -0.3 is 15.5 Å². The smallest absolute Gasteiger partial charge is 0.191 e. The Kier molecular flexibility index (Phi) is 7.81. The van der Waals surface area contributed by atoms with Gasteiger partial charge in [0.15, 0.2) is 5.96 Å². The number of guanidine groups is 1. The van der Waals surface area contributed by atoms with Gasteiger partial charge in [-0.15, -0.1) is 24.0 Å². The van der Waals surface area contributed by atoms with Crippen LogP contribution in [0.15, 0.2) is 35.3 Å². The molecule has 1 saturated heterocycles. The van der Waals surface area contributed by atoms with Crippen molar-refractivity contribution in [2.75, 3.05) is 33.2 Å². The van der Waals surface area contributed by atoms with Crippen molar-refractivity contribution in [1.82, 2.24) is 15.5 Å². The van der Waals surface area contributed by atoms with Crippen LogP contribution in [0.25, 0.3) is 0 Å². The summed E-state index contributed by atoms with van der Waals surface area (Å²) in [5, 5.41) is 7.01. The lowest BCUT2D eigenvalue weighted by Crippen LogP contribution is -2.41. The monoisotopic (exact) mass is 442 g/mol. The van der Waals surface area contributed by atoms with Crippen LogP contribution in [0.2, 0.25) is 0 Å². The molecule has 1 aliphatic carbocycles. The highest BCUT2D eigenvalue weighted by Gasteiger charge is 2.33. The van der Waals surface area contributed by atoms with E-state index >= 15 is 0 Å². The maximum Gasteiger partial charge on any atom is 0.191 e. The van der Waals surface area contributed by atoms with Gasteiger partial charge in [0.1, 0.15) is 0 Å². The van der Waals surface area contributed by atoms with Crippen LogP contribution < -0.4 is 10.6 Å². The Labute approximate surface area is 163 Å². The van der Waals surface area contributed by atoms with Crippen molar-refractivity contribution >= 4 is 29.9 Å². The molecule has 3 atom stereocenters. The molecular weight excluding hydrogens is 411 g/mol. The number of benzene rings is 1. The zero-order valence-corrected chi connectivity index (χ0v) is 17.2. The second kappa shape index (κ2) is 9.61. The van der Waals surface area contributed by atoms with E-state index in [-0.39, 0.29) is 24.0 Å². The van der Waals surface area contributed by atoms with Crippen molar-refractivity contribution in [2.24, 2.45) is 16.8 Å². The first-order chi connectivity index (χ1) is 11.2. The number of hydrogen-bond donors (Lipinski definition) is 2. The quantitative estimate of drug-likeness (QED) is 0.405. The van der Waals surface area contributed by atoms with Gasteiger partial charge in [-0.3, -0.25) is 4.99 Å². The summed E-state index contributed by atoms with van der Waals surface area (Å²) in [6, 6.07) is 11.4. The van der Waals surface area contributed by atoms with Crippen LogP contribution in [-0.4, -0.2) is 50.1 Å². The van der Waals surface area contributed by atoms with E-state index in [0.29, 0.717) is 6.04 Å².